The first-order valence-electron chi connectivity index (χ1n) is 5.45. The van der Waals surface area contributed by atoms with E-state index < -0.39 is 10.2 Å². The molecular formula is C9H21N3O2S. The third kappa shape index (κ3) is 3.14. The third-order valence-corrected chi connectivity index (χ3v) is 4.80. The van der Waals surface area contributed by atoms with Gasteiger partial charge in [0, 0.05) is 19.6 Å². The molecule has 1 aliphatic rings. The van der Waals surface area contributed by atoms with Crippen molar-refractivity contribution in [3.8, 4) is 0 Å². The average molecular weight is 235 g/mol. The lowest BCUT2D eigenvalue weighted by Gasteiger charge is -2.23. The van der Waals surface area contributed by atoms with Crippen LogP contribution >= 0.6 is 0 Å². The molecule has 1 fully saturated rings. The van der Waals surface area contributed by atoms with E-state index >= 15 is 0 Å². The van der Waals surface area contributed by atoms with Crippen LogP contribution in [-0.2, 0) is 10.2 Å². The minimum absolute atomic E-state index is 0.0222. The van der Waals surface area contributed by atoms with Crippen molar-refractivity contribution in [1.29, 1.82) is 0 Å². The Bertz CT molecular complexity index is 292. The van der Waals surface area contributed by atoms with E-state index in [2.05, 4.69) is 4.72 Å². The Morgan fingerprint density at radius 2 is 2.13 bits per heavy atom. The third-order valence-electron chi connectivity index (χ3n) is 3.12. The summed E-state index contributed by atoms with van der Waals surface area (Å²) in [5.41, 5.74) is 5.60. The standard InChI is InChI=1S/C9H21N3O2S/c1-3-12(2)15(13,14)11-9-6-4-5-8(9)7-10/h8-9,11H,3-7,10H2,1-2H3/t8-,9+/m1/s1. The highest BCUT2D eigenvalue weighted by Crippen LogP contribution is 2.25. The molecule has 3 N–H and O–H groups in total. The predicted octanol–water partition coefficient (Wildman–Crippen LogP) is -0.100. The quantitative estimate of drug-likeness (QED) is 0.698. The summed E-state index contributed by atoms with van der Waals surface area (Å²) in [6.07, 6.45) is 2.99. The molecule has 0 aromatic rings. The first-order chi connectivity index (χ1) is 7.01. The second-order valence-electron chi connectivity index (χ2n) is 4.07. The fraction of sp³-hybridized carbons (Fsp3) is 1.00. The zero-order valence-electron chi connectivity index (χ0n) is 9.44. The Morgan fingerprint density at radius 3 is 2.67 bits per heavy atom. The van der Waals surface area contributed by atoms with Crippen molar-refractivity contribution in [3.05, 3.63) is 0 Å². The van der Waals surface area contributed by atoms with Gasteiger partial charge in [0.2, 0.25) is 0 Å². The molecule has 0 aromatic heterocycles. The van der Waals surface area contributed by atoms with Crippen LogP contribution in [0.4, 0.5) is 0 Å². The molecule has 6 heteroatoms. The number of hydrogen-bond donors (Lipinski definition) is 2. The number of nitrogens with one attached hydrogen (secondary N) is 1. The number of hydrogen-bond acceptors (Lipinski definition) is 3. The molecule has 0 spiro atoms. The van der Waals surface area contributed by atoms with Crippen molar-refractivity contribution in [2.24, 2.45) is 11.7 Å². The summed E-state index contributed by atoms with van der Waals surface area (Å²) >= 11 is 0. The molecule has 0 aromatic carbocycles. The summed E-state index contributed by atoms with van der Waals surface area (Å²) in [7, 11) is -1.73. The van der Waals surface area contributed by atoms with Crippen LogP contribution in [0.25, 0.3) is 0 Å². The van der Waals surface area contributed by atoms with Crippen LogP contribution in [0.5, 0.6) is 0 Å². The van der Waals surface area contributed by atoms with Crippen LogP contribution in [0.3, 0.4) is 0 Å². The molecule has 1 rings (SSSR count). The van der Waals surface area contributed by atoms with E-state index in [9.17, 15) is 8.42 Å². The van der Waals surface area contributed by atoms with Crippen LogP contribution in [0, 0.1) is 5.92 Å². The van der Waals surface area contributed by atoms with E-state index in [1.54, 1.807) is 7.05 Å². The molecule has 0 heterocycles. The number of nitrogens with zero attached hydrogens (tertiary/aromatic N) is 1. The average Bonchev–Trinajstić information content (AvgIpc) is 2.63. The molecule has 15 heavy (non-hydrogen) atoms. The fourth-order valence-corrected chi connectivity index (χ4v) is 3.14. The van der Waals surface area contributed by atoms with Crippen LogP contribution < -0.4 is 10.5 Å². The van der Waals surface area contributed by atoms with Crippen LogP contribution in [-0.4, -0.2) is 38.9 Å². The molecule has 0 bridgehead atoms. The highest BCUT2D eigenvalue weighted by molar-refractivity contribution is 7.87. The smallest absolute Gasteiger partial charge is 0.279 e. The maximum absolute atomic E-state index is 11.8. The lowest BCUT2D eigenvalue weighted by Crippen LogP contribution is -2.46. The Kier molecular flexibility index (Phi) is 4.51. The van der Waals surface area contributed by atoms with E-state index in [-0.39, 0.29) is 6.04 Å². The molecule has 0 radical (unpaired) electrons. The van der Waals surface area contributed by atoms with Gasteiger partial charge in [-0.15, -0.1) is 0 Å². The molecule has 1 aliphatic carbocycles. The summed E-state index contributed by atoms with van der Waals surface area (Å²) in [5.74, 6) is 0.296. The monoisotopic (exact) mass is 235 g/mol. The first kappa shape index (κ1) is 12.9. The van der Waals surface area contributed by atoms with Crippen molar-refractivity contribution in [3.63, 3.8) is 0 Å². The topological polar surface area (TPSA) is 75.4 Å². The van der Waals surface area contributed by atoms with Crippen molar-refractivity contribution < 1.29 is 8.42 Å². The predicted molar refractivity (Wildman–Crippen MR) is 60.5 cm³/mol. The van der Waals surface area contributed by atoms with Gasteiger partial charge in [-0.3, -0.25) is 0 Å². The van der Waals surface area contributed by atoms with Crippen molar-refractivity contribution >= 4 is 10.2 Å². The second-order valence-corrected chi connectivity index (χ2v) is 5.88. The minimum Gasteiger partial charge on any atom is -0.330 e. The Hall–Kier alpha value is -0.170. The van der Waals surface area contributed by atoms with Crippen molar-refractivity contribution in [1.82, 2.24) is 9.03 Å². The summed E-state index contributed by atoms with van der Waals surface area (Å²) in [4.78, 5) is 0. The molecule has 0 aliphatic heterocycles. The lowest BCUT2D eigenvalue weighted by atomic mass is 10.1. The van der Waals surface area contributed by atoms with Crippen molar-refractivity contribution in [2.75, 3.05) is 20.1 Å². The van der Waals surface area contributed by atoms with Crippen LogP contribution in [0.1, 0.15) is 26.2 Å². The van der Waals surface area contributed by atoms with Gasteiger partial charge in [-0.2, -0.15) is 17.4 Å². The normalized spacial score (nSPS) is 27.5. The van der Waals surface area contributed by atoms with Gasteiger partial charge in [-0.25, -0.2) is 0 Å². The molecular weight excluding hydrogens is 214 g/mol. The van der Waals surface area contributed by atoms with Gasteiger partial charge in [0.1, 0.15) is 0 Å². The Morgan fingerprint density at radius 1 is 1.47 bits per heavy atom. The zero-order chi connectivity index (χ0) is 11.5. The van der Waals surface area contributed by atoms with Gasteiger partial charge >= 0.3 is 0 Å². The van der Waals surface area contributed by atoms with Crippen LogP contribution in [0.15, 0.2) is 0 Å². The van der Waals surface area contributed by atoms with E-state index in [4.69, 9.17) is 5.73 Å². The van der Waals surface area contributed by atoms with E-state index in [1.807, 2.05) is 6.92 Å². The van der Waals surface area contributed by atoms with Gasteiger partial charge in [0.25, 0.3) is 10.2 Å². The van der Waals surface area contributed by atoms with Gasteiger partial charge in [-0.1, -0.05) is 13.3 Å². The number of nitrogens with two attached hydrogens (primary N) is 1. The van der Waals surface area contributed by atoms with Crippen molar-refractivity contribution in [2.45, 2.75) is 32.2 Å². The zero-order valence-corrected chi connectivity index (χ0v) is 10.3. The van der Waals surface area contributed by atoms with E-state index in [0.717, 1.165) is 19.3 Å². The lowest BCUT2D eigenvalue weighted by molar-refractivity contribution is 0.421. The van der Waals surface area contributed by atoms with Crippen LogP contribution in [0.2, 0.25) is 0 Å². The SMILES string of the molecule is CCN(C)S(=O)(=O)N[C@H]1CCC[C@@H]1CN. The number of rotatable bonds is 5. The van der Waals surface area contributed by atoms with Gasteiger partial charge < -0.3 is 5.73 Å². The molecule has 90 valence electrons. The van der Waals surface area contributed by atoms with Gasteiger partial charge in [0.15, 0.2) is 0 Å². The minimum atomic E-state index is -3.31. The first-order valence-corrected chi connectivity index (χ1v) is 6.89. The maximum atomic E-state index is 11.8. The van der Waals surface area contributed by atoms with Gasteiger partial charge in [0.05, 0.1) is 0 Å². The molecule has 0 saturated heterocycles. The summed E-state index contributed by atoms with van der Waals surface area (Å²) in [6.45, 7) is 2.85. The Balaban J connectivity index is 2.61. The van der Waals surface area contributed by atoms with Gasteiger partial charge in [-0.05, 0) is 25.3 Å². The van der Waals surface area contributed by atoms with E-state index in [1.165, 1.54) is 4.31 Å². The molecule has 0 amide bonds. The summed E-state index contributed by atoms with van der Waals surface area (Å²) in [6, 6.07) is 0.0222. The highest BCUT2D eigenvalue weighted by Gasteiger charge is 2.30. The molecule has 2 atom stereocenters. The van der Waals surface area contributed by atoms with E-state index in [0.29, 0.717) is 19.0 Å². The molecule has 0 unspecified atom stereocenters. The summed E-state index contributed by atoms with van der Waals surface area (Å²) < 4.78 is 27.5. The maximum Gasteiger partial charge on any atom is 0.279 e. The molecule has 1 saturated carbocycles. The second kappa shape index (κ2) is 5.25. The molecule has 5 nitrogen and oxygen atoms in total. The summed E-state index contributed by atoms with van der Waals surface area (Å²) in [5, 5.41) is 0. The fourth-order valence-electron chi connectivity index (χ4n) is 1.93. The largest absolute Gasteiger partial charge is 0.330 e. The highest BCUT2D eigenvalue weighted by atomic mass is 32.2. The Labute approximate surface area is 92.2 Å².